The molecule has 5 heteroatoms. The molecule has 0 bridgehead atoms. The number of carbonyl (C=O) groups is 1. The van der Waals surface area contributed by atoms with Crippen LogP contribution in [-0.2, 0) is 4.74 Å². The molecule has 2 rings (SSSR count). The maximum Gasteiger partial charge on any atom is 0.350 e. The van der Waals surface area contributed by atoms with Crippen LogP contribution in [-0.4, -0.2) is 12.6 Å². The number of ether oxygens (including phenoxy) is 1. The highest BCUT2D eigenvalue weighted by Crippen LogP contribution is 2.40. The topological polar surface area (TPSA) is 65.5 Å². The van der Waals surface area contributed by atoms with Crippen molar-refractivity contribution in [1.82, 2.24) is 0 Å². The highest BCUT2D eigenvalue weighted by Gasteiger charge is 2.22. The molecule has 2 aromatic heterocycles. The maximum absolute atomic E-state index is 11.8. The zero-order valence-corrected chi connectivity index (χ0v) is 11.4. The molecule has 0 aliphatic carbocycles. The maximum atomic E-state index is 11.8. The molecule has 0 saturated heterocycles. The van der Waals surface area contributed by atoms with Gasteiger partial charge >= 0.3 is 5.97 Å². The first kappa shape index (κ1) is 12.7. The number of esters is 1. The summed E-state index contributed by atoms with van der Waals surface area (Å²) in [6.45, 7) is 5.94. The van der Waals surface area contributed by atoms with Crippen LogP contribution in [0.5, 0.6) is 0 Å². The van der Waals surface area contributed by atoms with Gasteiger partial charge in [-0.15, -0.1) is 11.3 Å². The van der Waals surface area contributed by atoms with Gasteiger partial charge in [-0.2, -0.15) is 0 Å². The Balaban J connectivity index is 2.49. The SMILES string of the molecule is CCOC(=O)c1sc(-c2occc2C)c(C)c1N. The van der Waals surface area contributed by atoms with E-state index in [9.17, 15) is 4.79 Å². The van der Waals surface area contributed by atoms with Crippen molar-refractivity contribution in [3.63, 3.8) is 0 Å². The highest BCUT2D eigenvalue weighted by atomic mass is 32.1. The lowest BCUT2D eigenvalue weighted by Crippen LogP contribution is -2.05. The molecule has 0 aliphatic rings. The second-order valence-corrected chi connectivity index (χ2v) is 4.97. The molecule has 0 aromatic carbocycles. The summed E-state index contributed by atoms with van der Waals surface area (Å²) < 4.78 is 10.4. The van der Waals surface area contributed by atoms with Gasteiger partial charge in [-0.1, -0.05) is 0 Å². The minimum absolute atomic E-state index is 0.338. The molecule has 18 heavy (non-hydrogen) atoms. The largest absolute Gasteiger partial charge is 0.463 e. The van der Waals surface area contributed by atoms with Crippen molar-refractivity contribution in [2.45, 2.75) is 20.8 Å². The third-order valence-electron chi connectivity index (χ3n) is 2.72. The molecule has 96 valence electrons. The molecule has 0 saturated carbocycles. The number of rotatable bonds is 3. The molecule has 0 atom stereocenters. The van der Waals surface area contributed by atoms with Crippen LogP contribution in [0.1, 0.15) is 27.7 Å². The molecule has 0 spiro atoms. The Labute approximate surface area is 109 Å². The van der Waals surface area contributed by atoms with E-state index in [2.05, 4.69) is 0 Å². The molecule has 4 nitrogen and oxygen atoms in total. The Hall–Kier alpha value is -1.75. The van der Waals surface area contributed by atoms with E-state index in [0.29, 0.717) is 17.2 Å². The number of thiophene rings is 1. The van der Waals surface area contributed by atoms with Crippen molar-refractivity contribution in [2.24, 2.45) is 0 Å². The van der Waals surface area contributed by atoms with Crippen LogP contribution in [0, 0.1) is 13.8 Å². The van der Waals surface area contributed by atoms with E-state index >= 15 is 0 Å². The van der Waals surface area contributed by atoms with Crippen LogP contribution >= 0.6 is 11.3 Å². The quantitative estimate of drug-likeness (QED) is 0.864. The smallest absolute Gasteiger partial charge is 0.350 e. The van der Waals surface area contributed by atoms with Crippen LogP contribution < -0.4 is 5.73 Å². The molecule has 2 N–H and O–H groups in total. The number of nitrogens with two attached hydrogens (primary N) is 1. The Bertz CT molecular complexity index is 583. The average Bonchev–Trinajstić information content (AvgIpc) is 2.86. The van der Waals surface area contributed by atoms with E-state index in [1.807, 2.05) is 19.9 Å². The van der Waals surface area contributed by atoms with Gasteiger partial charge in [-0.25, -0.2) is 4.79 Å². The predicted octanol–water partition coefficient (Wildman–Crippen LogP) is 3.38. The molecule has 2 aromatic rings. The van der Waals surface area contributed by atoms with E-state index in [0.717, 1.165) is 21.8 Å². The van der Waals surface area contributed by atoms with Gasteiger partial charge in [0.15, 0.2) is 0 Å². The lowest BCUT2D eigenvalue weighted by atomic mass is 10.1. The molecular weight excluding hydrogens is 250 g/mol. The second kappa shape index (κ2) is 4.86. The lowest BCUT2D eigenvalue weighted by Gasteiger charge is -1.99. The lowest BCUT2D eigenvalue weighted by molar-refractivity contribution is 0.0533. The van der Waals surface area contributed by atoms with Crippen LogP contribution in [0.25, 0.3) is 10.6 Å². The second-order valence-electron chi connectivity index (χ2n) is 3.95. The number of hydrogen-bond acceptors (Lipinski definition) is 5. The molecular formula is C13H15NO3S. The molecule has 0 unspecified atom stereocenters. The summed E-state index contributed by atoms with van der Waals surface area (Å²) in [7, 11) is 0. The summed E-state index contributed by atoms with van der Waals surface area (Å²) in [4.78, 5) is 13.1. The van der Waals surface area contributed by atoms with Gasteiger partial charge in [-0.05, 0) is 38.0 Å². The Morgan fingerprint density at radius 3 is 2.78 bits per heavy atom. The minimum atomic E-state index is -0.376. The predicted molar refractivity (Wildman–Crippen MR) is 71.9 cm³/mol. The molecule has 0 radical (unpaired) electrons. The molecule has 0 aliphatic heterocycles. The minimum Gasteiger partial charge on any atom is -0.463 e. The van der Waals surface area contributed by atoms with Gasteiger partial charge in [0.2, 0.25) is 0 Å². The van der Waals surface area contributed by atoms with Crippen LogP contribution in [0.3, 0.4) is 0 Å². The Kier molecular flexibility index (Phi) is 3.43. The molecule has 0 fully saturated rings. The van der Waals surface area contributed by atoms with E-state index in [1.54, 1.807) is 13.2 Å². The zero-order chi connectivity index (χ0) is 13.3. The highest BCUT2D eigenvalue weighted by molar-refractivity contribution is 7.18. The number of carbonyl (C=O) groups excluding carboxylic acids is 1. The van der Waals surface area contributed by atoms with E-state index in [-0.39, 0.29) is 5.97 Å². The third-order valence-corrected chi connectivity index (χ3v) is 4.01. The fourth-order valence-electron chi connectivity index (χ4n) is 1.70. The molecule has 0 amide bonds. The summed E-state index contributed by atoms with van der Waals surface area (Å²) in [6, 6.07) is 1.88. The third kappa shape index (κ3) is 2.01. The van der Waals surface area contributed by atoms with E-state index in [1.165, 1.54) is 11.3 Å². The first-order valence-corrected chi connectivity index (χ1v) is 6.48. The van der Waals surface area contributed by atoms with E-state index in [4.69, 9.17) is 14.9 Å². The van der Waals surface area contributed by atoms with E-state index < -0.39 is 0 Å². The summed E-state index contributed by atoms with van der Waals surface area (Å²) >= 11 is 1.31. The van der Waals surface area contributed by atoms with Gasteiger partial charge in [0.05, 0.1) is 23.4 Å². The van der Waals surface area contributed by atoms with Gasteiger partial charge in [0, 0.05) is 0 Å². The first-order valence-electron chi connectivity index (χ1n) is 5.66. The standard InChI is InChI=1S/C13H15NO3S/c1-4-16-13(15)12-9(14)8(3)11(18-12)10-7(2)5-6-17-10/h5-6H,4,14H2,1-3H3. The summed E-state index contributed by atoms with van der Waals surface area (Å²) in [5.74, 6) is 0.387. The number of hydrogen-bond donors (Lipinski definition) is 1. The average molecular weight is 265 g/mol. The summed E-state index contributed by atoms with van der Waals surface area (Å²) in [5, 5.41) is 0. The fourth-order valence-corrected chi connectivity index (χ4v) is 2.87. The van der Waals surface area contributed by atoms with Gasteiger partial charge in [0.25, 0.3) is 0 Å². The molecule has 2 heterocycles. The van der Waals surface area contributed by atoms with Gasteiger partial charge < -0.3 is 14.9 Å². The van der Waals surface area contributed by atoms with Crippen LogP contribution in [0.15, 0.2) is 16.7 Å². The van der Waals surface area contributed by atoms with Crippen molar-refractivity contribution in [2.75, 3.05) is 12.3 Å². The van der Waals surface area contributed by atoms with Crippen molar-refractivity contribution >= 4 is 23.0 Å². The normalized spacial score (nSPS) is 10.6. The number of furan rings is 1. The van der Waals surface area contributed by atoms with Crippen molar-refractivity contribution in [1.29, 1.82) is 0 Å². The van der Waals surface area contributed by atoms with Gasteiger partial charge in [0.1, 0.15) is 10.6 Å². The van der Waals surface area contributed by atoms with Crippen molar-refractivity contribution < 1.29 is 13.9 Å². The number of aryl methyl sites for hydroxylation is 1. The van der Waals surface area contributed by atoms with Crippen LogP contribution in [0.4, 0.5) is 5.69 Å². The van der Waals surface area contributed by atoms with Crippen LogP contribution in [0.2, 0.25) is 0 Å². The summed E-state index contributed by atoms with van der Waals surface area (Å²) in [6.07, 6.45) is 1.63. The summed E-state index contributed by atoms with van der Waals surface area (Å²) in [5.41, 5.74) is 8.32. The van der Waals surface area contributed by atoms with Crippen molar-refractivity contribution in [3.8, 4) is 10.6 Å². The van der Waals surface area contributed by atoms with Crippen molar-refractivity contribution in [3.05, 3.63) is 28.3 Å². The first-order chi connectivity index (χ1) is 8.56. The number of nitrogen functional groups attached to an aromatic ring is 1. The Morgan fingerprint density at radius 1 is 1.50 bits per heavy atom. The van der Waals surface area contributed by atoms with Gasteiger partial charge in [-0.3, -0.25) is 0 Å². The Morgan fingerprint density at radius 2 is 2.22 bits per heavy atom. The number of anilines is 1. The fraction of sp³-hybridized carbons (Fsp3) is 0.308. The monoisotopic (exact) mass is 265 g/mol. The zero-order valence-electron chi connectivity index (χ0n) is 10.6.